The molecule has 19 heavy (non-hydrogen) atoms. The van der Waals surface area contributed by atoms with Gasteiger partial charge >= 0.3 is 5.97 Å². The third-order valence-corrected chi connectivity index (χ3v) is 3.34. The molecule has 0 saturated carbocycles. The number of carbonyl (C=O) groups is 1. The third-order valence-electron chi connectivity index (χ3n) is 3.34. The second-order valence-corrected chi connectivity index (χ2v) is 5.39. The summed E-state index contributed by atoms with van der Waals surface area (Å²) in [7, 11) is 1.75. The van der Waals surface area contributed by atoms with Gasteiger partial charge in [-0.05, 0) is 26.3 Å². The lowest BCUT2D eigenvalue weighted by atomic mass is 10.1. The second-order valence-electron chi connectivity index (χ2n) is 5.39. The van der Waals surface area contributed by atoms with Crippen molar-refractivity contribution < 1.29 is 14.3 Å². The van der Waals surface area contributed by atoms with Gasteiger partial charge in [-0.2, -0.15) is 0 Å². The smallest absolute Gasteiger partial charge is 0.324 e. The zero-order valence-corrected chi connectivity index (χ0v) is 12.6. The molecular formula is C14H28N2O3. The Bertz CT molecular complexity index is 271. The summed E-state index contributed by atoms with van der Waals surface area (Å²) in [5.41, 5.74) is 0. The molecule has 0 aromatic carbocycles. The molecule has 1 heterocycles. The Hall–Kier alpha value is -0.650. The minimum Gasteiger partial charge on any atom is -0.465 e. The van der Waals surface area contributed by atoms with Crippen molar-refractivity contribution in [2.24, 2.45) is 0 Å². The quantitative estimate of drug-likeness (QED) is 0.702. The van der Waals surface area contributed by atoms with E-state index in [1.165, 1.54) is 0 Å². The SMILES string of the molecule is CCOC(=O)C(CN1CCCC(OC)C1)NC(C)C. The zero-order chi connectivity index (χ0) is 14.3. The highest BCUT2D eigenvalue weighted by atomic mass is 16.5. The van der Waals surface area contributed by atoms with Gasteiger partial charge < -0.3 is 14.8 Å². The number of rotatable bonds is 7. The Morgan fingerprint density at radius 3 is 2.79 bits per heavy atom. The van der Waals surface area contributed by atoms with Crippen molar-refractivity contribution in [2.75, 3.05) is 33.4 Å². The largest absolute Gasteiger partial charge is 0.465 e. The fourth-order valence-corrected chi connectivity index (χ4v) is 2.47. The average molecular weight is 272 g/mol. The molecule has 1 aliphatic rings. The summed E-state index contributed by atoms with van der Waals surface area (Å²) in [5, 5.41) is 3.29. The number of carbonyl (C=O) groups excluding carboxylic acids is 1. The summed E-state index contributed by atoms with van der Waals surface area (Å²) in [5.74, 6) is -0.157. The first-order valence-corrected chi connectivity index (χ1v) is 7.24. The highest BCUT2D eigenvalue weighted by Crippen LogP contribution is 2.13. The molecule has 2 atom stereocenters. The van der Waals surface area contributed by atoms with Crippen molar-refractivity contribution in [1.29, 1.82) is 0 Å². The van der Waals surface area contributed by atoms with Gasteiger partial charge in [-0.25, -0.2) is 0 Å². The van der Waals surface area contributed by atoms with Gasteiger partial charge in [0.15, 0.2) is 0 Å². The molecular weight excluding hydrogens is 244 g/mol. The molecule has 5 heteroatoms. The Balaban J connectivity index is 2.52. The number of esters is 1. The van der Waals surface area contributed by atoms with E-state index in [4.69, 9.17) is 9.47 Å². The summed E-state index contributed by atoms with van der Waals surface area (Å²) in [6, 6.07) is 0.00738. The van der Waals surface area contributed by atoms with Crippen molar-refractivity contribution in [3.05, 3.63) is 0 Å². The van der Waals surface area contributed by atoms with Crippen LogP contribution in [0.4, 0.5) is 0 Å². The van der Waals surface area contributed by atoms with E-state index < -0.39 is 0 Å². The van der Waals surface area contributed by atoms with Crippen LogP contribution >= 0.6 is 0 Å². The predicted octanol–water partition coefficient (Wildman–Crippen LogP) is 1.03. The summed E-state index contributed by atoms with van der Waals surface area (Å²) >= 11 is 0. The number of hydrogen-bond acceptors (Lipinski definition) is 5. The topological polar surface area (TPSA) is 50.8 Å². The van der Waals surface area contributed by atoms with Crippen LogP contribution in [0, 0.1) is 0 Å². The van der Waals surface area contributed by atoms with Crippen LogP contribution in [0.15, 0.2) is 0 Å². The fourth-order valence-electron chi connectivity index (χ4n) is 2.47. The summed E-state index contributed by atoms with van der Waals surface area (Å²) in [4.78, 5) is 14.2. The summed E-state index contributed by atoms with van der Waals surface area (Å²) in [6.45, 7) is 8.96. The number of methoxy groups -OCH3 is 1. The molecule has 112 valence electrons. The minimum atomic E-state index is -0.254. The number of hydrogen-bond donors (Lipinski definition) is 1. The lowest BCUT2D eigenvalue weighted by Gasteiger charge is -2.34. The monoisotopic (exact) mass is 272 g/mol. The predicted molar refractivity (Wildman–Crippen MR) is 75.2 cm³/mol. The van der Waals surface area contributed by atoms with Crippen molar-refractivity contribution in [2.45, 2.75) is 51.8 Å². The van der Waals surface area contributed by atoms with Crippen LogP contribution in [0.2, 0.25) is 0 Å². The van der Waals surface area contributed by atoms with Gasteiger partial charge in [-0.3, -0.25) is 9.69 Å². The van der Waals surface area contributed by atoms with Crippen LogP contribution in [-0.2, 0) is 14.3 Å². The lowest BCUT2D eigenvalue weighted by Crippen LogP contribution is -2.52. The normalized spacial score (nSPS) is 22.5. The Kier molecular flexibility index (Phi) is 7.34. The molecule has 0 aromatic heterocycles. The third kappa shape index (κ3) is 5.89. The number of likely N-dealkylation sites (tertiary alicyclic amines) is 1. The first-order valence-electron chi connectivity index (χ1n) is 7.24. The minimum absolute atomic E-state index is 0.157. The molecule has 0 radical (unpaired) electrons. The second kappa shape index (κ2) is 8.51. The first-order chi connectivity index (χ1) is 9.06. The first kappa shape index (κ1) is 16.4. The molecule has 0 aliphatic carbocycles. The van der Waals surface area contributed by atoms with Gasteiger partial charge in [0.05, 0.1) is 12.7 Å². The maximum absolute atomic E-state index is 12.0. The average Bonchev–Trinajstić information content (AvgIpc) is 2.38. The summed E-state index contributed by atoms with van der Waals surface area (Å²) < 4.78 is 10.6. The number of ether oxygens (including phenoxy) is 2. The van der Waals surface area contributed by atoms with Gasteiger partial charge in [0, 0.05) is 26.2 Å². The van der Waals surface area contributed by atoms with Gasteiger partial charge in [0.1, 0.15) is 6.04 Å². The molecule has 0 bridgehead atoms. The van der Waals surface area contributed by atoms with Crippen molar-refractivity contribution >= 4 is 5.97 Å². The molecule has 1 aliphatic heterocycles. The Labute approximate surface area is 116 Å². The van der Waals surface area contributed by atoms with Crippen molar-refractivity contribution in [3.8, 4) is 0 Å². The number of piperidine rings is 1. The van der Waals surface area contributed by atoms with Crippen LogP contribution < -0.4 is 5.32 Å². The van der Waals surface area contributed by atoms with Gasteiger partial charge in [-0.1, -0.05) is 13.8 Å². The number of nitrogens with zero attached hydrogens (tertiary/aromatic N) is 1. The van der Waals surface area contributed by atoms with Crippen LogP contribution in [0.3, 0.4) is 0 Å². The van der Waals surface area contributed by atoms with E-state index in [1.807, 2.05) is 20.8 Å². The standard InChI is InChI=1S/C14H28N2O3/c1-5-19-14(17)13(15-11(2)3)10-16-8-6-7-12(9-16)18-4/h11-13,15H,5-10H2,1-4H3. The van der Waals surface area contributed by atoms with Crippen molar-refractivity contribution in [3.63, 3.8) is 0 Å². The maximum atomic E-state index is 12.0. The van der Waals surface area contributed by atoms with Gasteiger partial charge in [0.25, 0.3) is 0 Å². The van der Waals surface area contributed by atoms with Crippen LogP contribution in [0.5, 0.6) is 0 Å². The molecule has 1 saturated heterocycles. The number of nitrogens with one attached hydrogen (secondary N) is 1. The Morgan fingerprint density at radius 1 is 1.47 bits per heavy atom. The van der Waals surface area contributed by atoms with E-state index in [0.717, 1.165) is 25.9 Å². The molecule has 2 unspecified atom stereocenters. The highest BCUT2D eigenvalue weighted by molar-refractivity contribution is 5.76. The van der Waals surface area contributed by atoms with Crippen LogP contribution in [-0.4, -0.2) is 62.4 Å². The molecule has 1 fully saturated rings. The van der Waals surface area contributed by atoms with Crippen LogP contribution in [0.25, 0.3) is 0 Å². The van der Waals surface area contributed by atoms with Crippen molar-refractivity contribution in [1.82, 2.24) is 10.2 Å². The Morgan fingerprint density at radius 2 is 2.21 bits per heavy atom. The molecule has 0 aromatic rings. The summed E-state index contributed by atoms with van der Waals surface area (Å²) in [6.07, 6.45) is 2.51. The maximum Gasteiger partial charge on any atom is 0.324 e. The molecule has 1 rings (SSSR count). The molecule has 1 N–H and O–H groups in total. The van der Waals surface area contributed by atoms with E-state index in [1.54, 1.807) is 7.11 Å². The van der Waals surface area contributed by atoms with E-state index in [9.17, 15) is 4.79 Å². The fraction of sp³-hybridized carbons (Fsp3) is 0.929. The van der Waals surface area contributed by atoms with E-state index in [2.05, 4.69) is 10.2 Å². The van der Waals surface area contributed by atoms with Gasteiger partial charge in [-0.15, -0.1) is 0 Å². The molecule has 0 amide bonds. The van der Waals surface area contributed by atoms with Gasteiger partial charge in [0.2, 0.25) is 0 Å². The zero-order valence-electron chi connectivity index (χ0n) is 12.6. The van der Waals surface area contributed by atoms with Crippen LogP contribution in [0.1, 0.15) is 33.6 Å². The highest BCUT2D eigenvalue weighted by Gasteiger charge is 2.26. The van der Waals surface area contributed by atoms with E-state index >= 15 is 0 Å². The molecule has 5 nitrogen and oxygen atoms in total. The lowest BCUT2D eigenvalue weighted by molar-refractivity contribution is -0.146. The van der Waals surface area contributed by atoms with E-state index in [-0.39, 0.29) is 24.2 Å². The molecule has 0 spiro atoms. The van der Waals surface area contributed by atoms with E-state index in [0.29, 0.717) is 13.2 Å².